The summed E-state index contributed by atoms with van der Waals surface area (Å²) in [6, 6.07) is 3.76. The van der Waals surface area contributed by atoms with Crippen LogP contribution in [0.3, 0.4) is 0 Å². The van der Waals surface area contributed by atoms with E-state index in [4.69, 9.17) is 0 Å². The van der Waals surface area contributed by atoms with Gasteiger partial charge in [-0.05, 0) is 25.0 Å². The van der Waals surface area contributed by atoms with Crippen LogP contribution in [-0.2, 0) is 14.8 Å². The van der Waals surface area contributed by atoms with E-state index in [1.54, 1.807) is 13.2 Å². The average Bonchev–Trinajstić information content (AvgIpc) is 2.52. The first kappa shape index (κ1) is 16.7. The van der Waals surface area contributed by atoms with Crippen LogP contribution in [0.25, 0.3) is 0 Å². The lowest BCUT2D eigenvalue weighted by molar-refractivity contribution is -0.118. The lowest BCUT2D eigenvalue weighted by Gasteiger charge is -2.30. The molecule has 22 heavy (non-hydrogen) atoms. The van der Waals surface area contributed by atoms with E-state index >= 15 is 0 Å². The third kappa shape index (κ3) is 4.41. The first-order valence-corrected chi connectivity index (χ1v) is 9.10. The Morgan fingerprint density at radius 2 is 2.23 bits per heavy atom. The van der Waals surface area contributed by atoms with E-state index in [0.29, 0.717) is 13.1 Å². The first-order chi connectivity index (χ1) is 10.4. The number of pyridine rings is 1. The molecule has 1 saturated heterocycles. The molecule has 1 atom stereocenters. The van der Waals surface area contributed by atoms with Crippen LogP contribution in [0, 0.1) is 0 Å². The number of sulfonamides is 1. The van der Waals surface area contributed by atoms with Crippen molar-refractivity contribution in [2.45, 2.75) is 18.8 Å². The number of aromatic nitrogens is 1. The molecule has 1 amide bonds. The Balaban J connectivity index is 1.99. The van der Waals surface area contributed by atoms with Crippen molar-refractivity contribution in [2.75, 3.05) is 38.3 Å². The van der Waals surface area contributed by atoms with Gasteiger partial charge < -0.3 is 10.6 Å². The van der Waals surface area contributed by atoms with Crippen LogP contribution in [0.4, 0.5) is 5.69 Å². The molecule has 1 aromatic rings. The normalized spacial score (nSPS) is 19.6. The van der Waals surface area contributed by atoms with Crippen LogP contribution in [0.1, 0.15) is 24.5 Å². The summed E-state index contributed by atoms with van der Waals surface area (Å²) in [5, 5.41) is 5.51. The van der Waals surface area contributed by atoms with Gasteiger partial charge in [-0.2, -0.15) is 0 Å². The third-order valence-corrected chi connectivity index (χ3v) is 5.06. The Morgan fingerprint density at radius 3 is 2.82 bits per heavy atom. The third-order valence-electron chi connectivity index (χ3n) is 3.79. The van der Waals surface area contributed by atoms with E-state index in [1.165, 1.54) is 10.6 Å². The van der Waals surface area contributed by atoms with E-state index in [0.717, 1.165) is 24.2 Å². The Bertz CT molecular complexity index is 615. The summed E-state index contributed by atoms with van der Waals surface area (Å²) in [6.07, 6.45) is 4.70. The van der Waals surface area contributed by atoms with E-state index in [9.17, 15) is 13.2 Å². The summed E-state index contributed by atoms with van der Waals surface area (Å²) in [5.74, 6) is 0.0246. The molecule has 1 fully saturated rings. The van der Waals surface area contributed by atoms with Gasteiger partial charge in [0.05, 0.1) is 24.7 Å². The zero-order valence-corrected chi connectivity index (χ0v) is 13.7. The Hall–Kier alpha value is -1.67. The molecule has 7 nitrogen and oxygen atoms in total. The lowest BCUT2D eigenvalue weighted by Crippen LogP contribution is -2.38. The number of nitrogens with zero attached hydrogens (tertiary/aromatic N) is 2. The van der Waals surface area contributed by atoms with Crippen LogP contribution in [-0.4, -0.2) is 56.6 Å². The maximum atomic E-state index is 11.7. The fourth-order valence-corrected chi connectivity index (χ4v) is 3.42. The molecule has 8 heteroatoms. The zero-order chi connectivity index (χ0) is 16.2. The minimum atomic E-state index is -3.15. The van der Waals surface area contributed by atoms with Gasteiger partial charge in [0, 0.05) is 31.7 Å². The lowest BCUT2D eigenvalue weighted by atomic mass is 9.95. The highest BCUT2D eigenvalue weighted by molar-refractivity contribution is 7.88. The number of hydrogen-bond acceptors (Lipinski definition) is 5. The highest BCUT2D eigenvalue weighted by Crippen LogP contribution is 2.27. The molecule has 2 rings (SSSR count). The van der Waals surface area contributed by atoms with Crippen LogP contribution in [0.2, 0.25) is 0 Å². The average molecular weight is 326 g/mol. The van der Waals surface area contributed by atoms with Crippen molar-refractivity contribution in [2.24, 2.45) is 0 Å². The van der Waals surface area contributed by atoms with Gasteiger partial charge in [-0.1, -0.05) is 0 Å². The zero-order valence-electron chi connectivity index (χ0n) is 12.9. The molecule has 0 aliphatic carbocycles. The molecule has 0 bridgehead atoms. The molecule has 0 unspecified atom stereocenters. The fraction of sp³-hybridized carbons (Fsp3) is 0.571. The number of nitrogens with one attached hydrogen (secondary N) is 2. The number of amides is 1. The number of rotatable bonds is 5. The number of anilines is 1. The summed E-state index contributed by atoms with van der Waals surface area (Å²) in [6.45, 7) is 1.26. The molecule has 0 radical (unpaired) electrons. The molecular weight excluding hydrogens is 304 g/mol. The van der Waals surface area contributed by atoms with E-state index in [1.807, 2.05) is 12.1 Å². The number of hydrogen-bond donors (Lipinski definition) is 2. The number of likely N-dealkylation sites (N-methyl/N-ethyl adjacent to an activating group) is 1. The molecule has 1 aromatic heterocycles. The Morgan fingerprint density at radius 1 is 1.45 bits per heavy atom. The minimum absolute atomic E-state index is 0.0971. The largest absolute Gasteiger partial charge is 0.375 e. The molecule has 122 valence electrons. The maximum Gasteiger partial charge on any atom is 0.239 e. The van der Waals surface area contributed by atoms with Gasteiger partial charge in [0.2, 0.25) is 15.9 Å². The second kappa shape index (κ2) is 7.06. The number of piperidine rings is 1. The van der Waals surface area contributed by atoms with Crippen LogP contribution in [0.15, 0.2) is 18.3 Å². The molecule has 0 saturated carbocycles. The predicted octanol–water partition coefficient (Wildman–Crippen LogP) is 0.379. The van der Waals surface area contributed by atoms with Gasteiger partial charge in [0.25, 0.3) is 0 Å². The summed E-state index contributed by atoms with van der Waals surface area (Å²) in [4.78, 5) is 15.6. The second-order valence-corrected chi connectivity index (χ2v) is 7.44. The molecule has 0 spiro atoms. The van der Waals surface area contributed by atoms with E-state index in [2.05, 4.69) is 15.6 Å². The van der Waals surface area contributed by atoms with Gasteiger partial charge in [0.15, 0.2) is 0 Å². The minimum Gasteiger partial charge on any atom is -0.375 e. The van der Waals surface area contributed by atoms with Crippen molar-refractivity contribution >= 4 is 21.6 Å². The first-order valence-electron chi connectivity index (χ1n) is 7.25. The number of carbonyl (C=O) groups excluding carboxylic acids is 1. The van der Waals surface area contributed by atoms with E-state index in [-0.39, 0.29) is 18.4 Å². The molecule has 2 heterocycles. The standard InChI is InChI=1S/C14H22N4O3S/c1-15-14(19)9-16-12-5-6-13(17-8-12)11-4-3-7-18(10-11)22(2,20)21/h5-6,8,11,16H,3-4,7,9-10H2,1-2H3,(H,15,19)/t11-/m1/s1. The predicted molar refractivity (Wildman–Crippen MR) is 85.2 cm³/mol. The summed E-state index contributed by atoms with van der Waals surface area (Å²) in [7, 11) is -1.56. The highest BCUT2D eigenvalue weighted by Gasteiger charge is 2.27. The van der Waals surface area contributed by atoms with Crippen LogP contribution in [0.5, 0.6) is 0 Å². The molecule has 2 N–H and O–H groups in total. The molecule has 1 aliphatic heterocycles. The highest BCUT2D eigenvalue weighted by atomic mass is 32.2. The second-order valence-electron chi connectivity index (χ2n) is 5.46. The smallest absolute Gasteiger partial charge is 0.239 e. The van der Waals surface area contributed by atoms with Crippen molar-refractivity contribution in [1.82, 2.24) is 14.6 Å². The van der Waals surface area contributed by atoms with Crippen molar-refractivity contribution in [3.63, 3.8) is 0 Å². The van der Waals surface area contributed by atoms with Crippen molar-refractivity contribution in [1.29, 1.82) is 0 Å². The quantitative estimate of drug-likeness (QED) is 0.816. The summed E-state index contributed by atoms with van der Waals surface area (Å²) >= 11 is 0. The SMILES string of the molecule is CNC(=O)CNc1ccc([C@@H]2CCCN(S(C)(=O)=O)C2)nc1. The van der Waals surface area contributed by atoms with Crippen molar-refractivity contribution in [3.8, 4) is 0 Å². The van der Waals surface area contributed by atoms with Crippen molar-refractivity contribution < 1.29 is 13.2 Å². The fourth-order valence-electron chi connectivity index (χ4n) is 2.51. The van der Waals surface area contributed by atoms with Crippen LogP contribution < -0.4 is 10.6 Å². The molecular formula is C14H22N4O3S. The molecule has 1 aliphatic rings. The monoisotopic (exact) mass is 326 g/mol. The van der Waals surface area contributed by atoms with E-state index < -0.39 is 10.0 Å². The van der Waals surface area contributed by atoms with Gasteiger partial charge in [-0.15, -0.1) is 0 Å². The maximum absolute atomic E-state index is 11.7. The van der Waals surface area contributed by atoms with Gasteiger partial charge in [-0.3, -0.25) is 9.78 Å². The summed E-state index contributed by atoms with van der Waals surface area (Å²) in [5.41, 5.74) is 1.65. The number of carbonyl (C=O) groups is 1. The van der Waals surface area contributed by atoms with Gasteiger partial charge in [0.1, 0.15) is 0 Å². The van der Waals surface area contributed by atoms with Gasteiger partial charge in [-0.25, -0.2) is 12.7 Å². The topological polar surface area (TPSA) is 91.4 Å². The van der Waals surface area contributed by atoms with Crippen molar-refractivity contribution in [3.05, 3.63) is 24.0 Å². The Kier molecular flexibility index (Phi) is 5.36. The van der Waals surface area contributed by atoms with Crippen LogP contribution >= 0.6 is 0 Å². The van der Waals surface area contributed by atoms with Gasteiger partial charge >= 0.3 is 0 Å². The Labute approximate surface area is 131 Å². The molecule has 0 aromatic carbocycles. The summed E-state index contributed by atoms with van der Waals surface area (Å²) < 4.78 is 24.8.